The van der Waals surface area contributed by atoms with Crippen LogP contribution in [0, 0.1) is 0 Å². The molecule has 2 aromatic carbocycles. The van der Waals surface area contributed by atoms with Crippen LogP contribution in [0.25, 0.3) is 11.1 Å². The monoisotopic (exact) mass is 444 g/mol. The first kappa shape index (κ1) is 21.6. The first-order valence-corrected chi connectivity index (χ1v) is 9.83. The molecule has 154 valence electrons. The number of hydrogen-bond donors (Lipinski definition) is 2. The molecular formula is C22H18Cl2N2O4. The number of pyridine rings is 1. The molecule has 3 aromatic rings. The summed E-state index contributed by atoms with van der Waals surface area (Å²) in [4.78, 5) is 28.1. The molecule has 0 saturated heterocycles. The molecule has 1 aromatic heterocycles. The van der Waals surface area contributed by atoms with Crippen molar-refractivity contribution in [2.45, 2.75) is 13.5 Å². The molecule has 0 fully saturated rings. The Morgan fingerprint density at radius 2 is 1.90 bits per heavy atom. The lowest BCUT2D eigenvalue weighted by Gasteiger charge is -2.13. The second-order valence-corrected chi connectivity index (χ2v) is 7.16. The minimum absolute atomic E-state index is 0.145. The van der Waals surface area contributed by atoms with E-state index in [2.05, 4.69) is 10.3 Å². The Bertz CT molecular complexity index is 1100. The highest BCUT2D eigenvalue weighted by Gasteiger charge is 2.14. The third-order valence-corrected chi connectivity index (χ3v) is 4.81. The van der Waals surface area contributed by atoms with Gasteiger partial charge in [-0.3, -0.25) is 4.79 Å². The van der Waals surface area contributed by atoms with Crippen LogP contribution >= 0.6 is 23.2 Å². The molecule has 0 bridgehead atoms. The Balaban J connectivity index is 1.87. The molecule has 30 heavy (non-hydrogen) atoms. The van der Waals surface area contributed by atoms with Crippen molar-refractivity contribution in [1.82, 2.24) is 10.3 Å². The van der Waals surface area contributed by atoms with Gasteiger partial charge in [0.2, 0.25) is 5.88 Å². The van der Waals surface area contributed by atoms with Gasteiger partial charge in [0.25, 0.3) is 5.91 Å². The summed E-state index contributed by atoms with van der Waals surface area (Å²) in [6.07, 6.45) is 1.60. The Morgan fingerprint density at radius 1 is 1.10 bits per heavy atom. The number of aromatic nitrogens is 1. The van der Waals surface area contributed by atoms with E-state index in [1.807, 2.05) is 13.0 Å². The van der Waals surface area contributed by atoms with Gasteiger partial charge in [0.15, 0.2) is 0 Å². The molecule has 0 unspecified atom stereocenters. The number of carboxylic acids is 1. The SMILES string of the molecule is CCOc1ncc(-c2cccc(C(=O)O)c2)cc1CNC(=O)c1ccc(Cl)cc1Cl. The van der Waals surface area contributed by atoms with E-state index in [0.29, 0.717) is 39.8 Å². The fourth-order valence-electron chi connectivity index (χ4n) is 2.83. The fraction of sp³-hybridized carbons (Fsp3) is 0.136. The lowest BCUT2D eigenvalue weighted by Crippen LogP contribution is -2.23. The number of halogens is 2. The first-order valence-electron chi connectivity index (χ1n) is 9.07. The summed E-state index contributed by atoms with van der Waals surface area (Å²) >= 11 is 12.0. The first-order chi connectivity index (χ1) is 14.4. The number of nitrogens with zero attached hydrogens (tertiary/aromatic N) is 1. The molecule has 0 atom stereocenters. The average molecular weight is 445 g/mol. The molecule has 6 nitrogen and oxygen atoms in total. The Hall–Kier alpha value is -3.09. The molecule has 2 N–H and O–H groups in total. The van der Waals surface area contributed by atoms with Crippen molar-refractivity contribution in [3.05, 3.63) is 81.5 Å². The summed E-state index contributed by atoms with van der Waals surface area (Å²) in [6.45, 7) is 2.39. The van der Waals surface area contributed by atoms with Crippen molar-refractivity contribution >= 4 is 35.1 Å². The van der Waals surface area contributed by atoms with Gasteiger partial charge < -0.3 is 15.2 Å². The normalized spacial score (nSPS) is 10.5. The summed E-state index contributed by atoms with van der Waals surface area (Å²) in [5.74, 6) is -0.987. The van der Waals surface area contributed by atoms with Crippen LogP contribution < -0.4 is 10.1 Å². The smallest absolute Gasteiger partial charge is 0.335 e. The van der Waals surface area contributed by atoms with Crippen LogP contribution in [-0.2, 0) is 6.54 Å². The van der Waals surface area contributed by atoms with Gasteiger partial charge in [-0.05, 0) is 48.9 Å². The highest BCUT2D eigenvalue weighted by Crippen LogP contribution is 2.26. The Kier molecular flexibility index (Phi) is 6.92. The third kappa shape index (κ3) is 5.09. The number of carbonyl (C=O) groups is 2. The lowest BCUT2D eigenvalue weighted by molar-refractivity contribution is 0.0696. The summed E-state index contributed by atoms with van der Waals surface area (Å²) < 4.78 is 5.57. The molecule has 0 aliphatic heterocycles. The number of rotatable bonds is 7. The molecule has 0 aliphatic carbocycles. The number of amides is 1. The van der Waals surface area contributed by atoms with E-state index in [0.717, 1.165) is 0 Å². The number of nitrogens with one attached hydrogen (secondary N) is 1. The predicted molar refractivity (Wildman–Crippen MR) is 115 cm³/mol. The second kappa shape index (κ2) is 9.61. The maximum Gasteiger partial charge on any atom is 0.335 e. The lowest BCUT2D eigenvalue weighted by atomic mass is 10.0. The van der Waals surface area contributed by atoms with Gasteiger partial charge in [0.1, 0.15) is 0 Å². The van der Waals surface area contributed by atoms with E-state index in [9.17, 15) is 14.7 Å². The second-order valence-electron chi connectivity index (χ2n) is 6.31. The molecule has 0 radical (unpaired) electrons. The summed E-state index contributed by atoms with van der Waals surface area (Å²) in [5, 5.41) is 12.7. The molecular weight excluding hydrogens is 427 g/mol. The van der Waals surface area contributed by atoms with E-state index in [1.165, 1.54) is 12.1 Å². The van der Waals surface area contributed by atoms with Crippen LogP contribution in [-0.4, -0.2) is 28.6 Å². The van der Waals surface area contributed by atoms with Crippen molar-refractivity contribution in [2.75, 3.05) is 6.61 Å². The maximum atomic E-state index is 12.5. The van der Waals surface area contributed by atoms with Crippen LogP contribution in [0.5, 0.6) is 5.88 Å². The topological polar surface area (TPSA) is 88.5 Å². The highest BCUT2D eigenvalue weighted by molar-refractivity contribution is 6.36. The zero-order chi connectivity index (χ0) is 21.7. The van der Waals surface area contributed by atoms with E-state index in [-0.39, 0.29) is 23.0 Å². The van der Waals surface area contributed by atoms with Gasteiger partial charge in [0, 0.05) is 28.9 Å². The third-order valence-electron chi connectivity index (χ3n) is 4.26. The van der Waals surface area contributed by atoms with Crippen LogP contribution in [0.4, 0.5) is 0 Å². The zero-order valence-electron chi connectivity index (χ0n) is 16.0. The fourth-order valence-corrected chi connectivity index (χ4v) is 3.32. The largest absolute Gasteiger partial charge is 0.478 e. The summed E-state index contributed by atoms with van der Waals surface area (Å²) in [7, 11) is 0. The van der Waals surface area contributed by atoms with Crippen molar-refractivity contribution in [2.24, 2.45) is 0 Å². The number of carbonyl (C=O) groups excluding carboxylic acids is 1. The molecule has 0 aliphatic rings. The van der Waals surface area contributed by atoms with Crippen molar-refractivity contribution in [3.63, 3.8) is 0 Å². The van der Waals surface area contributed by atoms with Gasteiger partial charge in [-0.15, -0.1) is 0 Å². The molecule has 8 heteroatoms. The van der Waals surface area contributed by atoms with Gasteiger partial charge in [-0.2, -0.15) is 0 Å². The zero-order valence-corrected chi connectivity index (χ0v) is 17.5. The van der Waals surface area contributed by atoms with Crippen LogP contribution in [0.2, 0.25) is 10.0 Å². The van der Waals surface area contributed by atoms with Gasteiger partial charge >= 0.3 is 5.97 Å². The minimum Gasteiger partial charge on any atom is -0.478 e. The average Bonchev–Trinajstić information content (AvgIpc) is 2.73. The van der Waals surface area contributed by atoms with E-state index in [4.69, 9.17) is 27.9 Å². The molecule has 3 rings (SSSR count). The molecule has 1 heterocycles. The predicted octanol–water partition coefficient (Wildman–Crippen LogP) is 5.08. The number of carboxylic acid groups (broad SMARTS) is 1. The van der Waals surface area contributed by atoms with Crippen LogP contribution in [0.15, 0.2) is 54.7 Å². The van der Waals surface area contributed by atoms with Crippen LogP contribution in [0.1, 0.15) is 33.2 Å². The number of benzene rings is 2. The van der Waals surface area contributed by atoms with Crippen molar-refractivity contribution < 1.29 is 19.4 Å². The van der Waals surface area contributed by atoms with Crippen LogP contribution in [0.3, 0.4) is 0 Å². The van der Waals surface area contributed by atoms with Gasteiger partial charge in [0.05, 0.1) is 22.8 Å². The van der Waals surface area contributed by atoms with Crippen molar-refractivity contribution in [3.8, 4) is 17.0 Å². The van der Waals surface area contributed by atoms with Gasteiger partial charge in [-0.25, -0.2) is 9.78 Å². The molecule has 0 saturated carbocycles. The number of aromatic carboxylic acids is 1. The number of ether oxygens (including phenoxy) is 1. The molecule has 1 amide bonds. The highest BCUT2D eigenvalue weighted by atomic mass is 35.5. The Morgan fingerprint density at radius 3 is 2.60 bits per heavy atom. The molecule has 0 spiro atoms. The van der Waals surface area contributed by atoms with E-state index < -0.39 is 5.97 Å². The standard InChI is InChI=1S/C22H18Cl2N2O4/c1-2-30-21-16(12-25-20(27)18-7-6-17(23)10-19(18)24)9-15(11-26-21)13-4-3-5-14(8-13)22(28)29/h3-11H,2,12H2,1H3,(H,25,27)(H,28,29). The number of hydrogen-bond acceptors (Lipinski definition) is 4. The Labute approximate surface area is 183 Å². The van der Waals surface area contributed by atoms with Gasteiger partial charge in [-0.1, -0.05) is 35.3 Å². The summed E-state index contributed by atoms with van der Waals surface area (Å²) in [6, 6.07) is 13.0. The van der Waals surface area contributed by atoms with E-state index >= 15 is 0 Å². The quantitative estimate of drug-likeness (QED) is 0.530. The summed E-state index contributed by atoms with van der Waals surface area (Å²) in [5.41, 5.74) is 2.52. The van der Waals surface area contributed by atoms with E-state index in [1.54, 1.807) is 36.5 Å². The maximum absolute atomic E-state index is 12.5. The van der Waals surface area contributed by atoms with Crippen molar-refractivity contribution in [1.29, 1.82) is 0 Å². The minimum atomic E-state index is -1.01.